The summed E-state index contributed by atoms with van der Waals surface area (Å²) in [6, 6.07) is 12.3. The number of thiophene rings is 1. The highest BCUT2D eigenvalue weighted by Gasteiger charge is 2.28. The standard InChI is InChI=1S/C27H25Cl2N3O5S/c1-15(16-10-12-17(13-11-16)37-14-19-20(28)7-5-8-21(19)29)31-32-25(34)24(33)30-26-23(27(35)36-2)18-6-3-4-9-22(18)38-26/h5,7-8,10-13H,3-4,6,9,14H2,1-2H3,(H,30,33)(H,32,34). The van der Waals surface area contributed by atoms with Crippen LogP contribution in [0.25, 0.3) is 0 Å². The minimum Gasteiger partial charge on any atom is -0.489 e. The molecule has 2 N–H and O–H groups in total. The highest BCUT2D eigenvalue weighted by molar-refractivity contribution is 7.17. The van der Waals surface area contributed by atoms with E-state index in [4.69, 9.17) is 32.7 Å². The fraction of sp³-hybridized carbons (Fsp3) is 0.259. The molecule has 2 aromatic carbocycles. The first-order valence-corrected chi connectivity index (χ1v) is 13.4. The SMILES string of the molecule is COC(=O)c1c(NC(=O)C(=O)NN=C(C)c2ccc(OCc3c(Cl)cccc3Cl)cc2)sc2c1CCCC2. The first kappa shape index (κ1) is 27.6. The van der Waals surface area contributed by atoms with Gasteiger partial charge in [-0.3, -0.25) is 9.59 Å². The van der Waals surface area contributed by atoms with Crippen molar-refractivity contribution in [3.05, 3.63) is 79.6 Å². The second kappa shape index (κ2) is 12.4. The first-order valence-electron chi connectivity index (χ1n) is 11.8. The molecular weight excluding hydrogens is 549 g/mol. The van der Waals surface area contributed by atoms with E-state index in [1.807, 2.05) is 0 Å². The highest BCUT2D eigenvalue weighted by Crippen LogP contribution is 2.38. The number of anilines is 1. The molecule has 0 unspecified atom stereocenters. The molecule has 0 saturated carbocycles. The number of aryl methyl sites for hydroxylation is 1. The lowest BCUT2D eigenvalue weighted by Gasteiger charge is -2.11. The van der Waals surface area contributed by atoms with Gasteiger partial charge < -0.3 is 14.8 Å². The number of hydrogen-bond donors (Lipinski definition) is 2. The summed E-state index contributed by atoms with van der Waals surface area (Å²) in [5.74, 6) is -1.81. The van der Waals surface area contributed by atoms with E-state index < -0.39 is 17.8 Å². The van der Waals surface area contributed by atoms with Gasteiger partial charge in [0.1, 0.15) is 17.4 Å². The number of carbonyl (C=O) groups is 3. The maximum Gasteiger partial charge on any atom is 0.341 e. The number of methoxy groups -OCH3 is 1. The predicted octanol–water partition coefficient (Wildman–Crippen LogP) is 5.78. The Bertz CT molecular complexity index is 1380. The molecule has 198 valence electrons. The van der Waals surface area contributed by atoms with E-state index in [0.29, 0.717) is 43.2 Å². The topological polar surface area (TPSA) is 106 Å². The van der Waals surface area contributed by atoms with Crippen LogP contribution in [0.4, 0.5) is 5.00 Å². The highest BCUT2D eigenvalue weighted by atomic mass is 35.5. The molecule has 11 heteroatoms. The zero-order chi connectivity index (χ0) is 27.2. The molecule has 0 radical (unpaired) electrons. The third-order valence-corrected chi connectivity index (χ3v) is 7.95. The number of halogens is 2. The molecule has 0 spiro atoms. The molecule has 0 bridgehead atoms. The van der Waals surface area contributed by atoms with E-state index in [1.165, 1.54) is 18.4 Å². The van der Waals surface area contributed by atoms with Crippen molar-refractivity contribution in [3.8, 4) is 5.75 Å². The summed E-state index contributed by atoms with van der Waals surface area (Å²) in [6.07, 6.45) is 3.53. The van der Waals surface area contributed by atoms with Gasteiger partial charge in [0.05, 0.1) is 18.4 Å². The fourth-order valence-electron chi connectivity index (χ4n) is 4.00. The van der Waals surface area contributed by atoms with Crippen LogP contribution in [0.3, 0.4) is 0 Å². The lowest BCUT2D eigenvalue weighted by Crippen LogP contribution is -2.33. The smallest absolute Gasteiger partial charge is 0.341 e. The van der Waals surface area contributed by atoms with Crippen molar-refractivity contribution in [1.82, 2.24) is 5.43 Å². The van der Waals surface area contributed by atoms with Gasteiger partial charge in [0.25, 0.3) is 0 Å². The van der Waals surface area contributed by atoms with Gasteiger partial charge in [0, 0.05) is 20.5 Å². The Balaban J connectivity index is 1.36. The van der Waals surface area contributed by atoms with Gasteiger partial charge in [-0.2, -0.15) is 5.10 Å². The van der Waals surface area contributed by atoms with Gasteiger partial charge >= 0.3 is 17.8 Å². The largest absolute Gasteiger partial charge is 0.489 e. The summed E-state index contributed by atoms with van der Waals surface area (Å²) in [5.41, 5.74) is 5.37. The van der Waals surface area contributed by atoms with Crippen LogP contribution in [0.1, 0.15) is 51.7 Å². The van der Waals surface area contributed by atoms with Crippen molar-refractivity contribution >= 4 is 63.0 Å². The summed E-state index contributed by atoms with van der Waals surface area (Å²) < 4.78 is 10.7. The molecule has 0 atom stereocenters. The van der Waals surface area contributed by atoms with Crippen LogP contribution < -0.4 is 15.5 Å². The molecule has 2 amide bonds. The van der Waals surface area contributed by atoms with Crippen molar-refractivity contribution < 1.29 is 23.9 Å². The number of benzene rings is 2. The van der Waals surface area contributed by atoms with Crippen LogP contribution in [0.2, 0.25) is 10.0 Å². The Hall–Kier alpha value is -3.40. The molecule has 0 aliphatic heterocycles. The summed E-state index contributed by atoms with van der Waals surface area (Å²) in [4.78, 5) is 38.3. The number of esters is 1. The normalized spacial score (nSPS) is 12.9. The van der Waals surface area contributed by atoms with Crippen LogP contribution in [0.15, 0.2) is 47.6 Å². The van der Waals surface area contributed by atoms with E-state index >= 15 is 0 Å². The van der Waals surface area contributed by atoms with Crippen molar-refractivity contribution in [2.45, 2.75) is 39.2 Å². The lowest BCUT2D eigenvalue weighted by atomic mass is 9.95. The van der Waals surface area contributed by atoms with Gasteiger partial charge in [-0.25, -0.2) is 10.2 Å². The Labute approximate surface area is 233 Å². The quantitative estimate of drug-likeness (QED) is 0.161. The third-order valence-electron chi connectivity index (χ3n) is 6.04. The molecular formula is C27H25Cl2N3O5S. The van der Waals surface area contributed by atoms with Crippen LogP contribution in [-0.2, 0) is 33.8 Å². The third kappa shape index (κ3) is 6.35. The number of nitrogens with zero attached hydrogens (tertiary/aromatic N) is 1. The predicted molar refractivity (Wildman–Crippen MR) is 149 cm³/mol. The van der Waals surface area contributed by atoms with Crippen LogP contribution in [0, 0.1) is 0 Å². The molecule has 0 fully saturated rings. The molecule has 8 nitrogen and oxygen atoms in total. The molecule has 3 aromatic rings. The summed E-state index contributed by atoms with van der Waals surface area (Å²) in [5, 5.41) is 7.95. The number of fused-ring (bicyclic) bond motifs is 1. The number of hydrogen-bond acceptors (Lipinski definition) is 7. The van der Waals surface area contributed by atoms with Crippen molar-refractivity contribution in [2.75, 3.05) is 12.4 Å². The van der Waals surface area contributed by atoms with Gasteiger partial charge in [0.15, 0.2) is 0 Å². The molecule has 4 rings (SSSR count). The van der Waals surface area contributed by atoms with Crippen LogP contribution in [-0.4, -0.2) is 30.6 Å². The zero-order valence-corrected chi connectivity index (χ0v) is 23.1. The molecule has 1 aliphatic carbocycles. The maximum absolute atomic E-state index is 12.5. The Morgan fingerprint density at radius 3 is 2.37 bits per heavy atom. The molecule has 1 aromatic heterocycles. The Kier molecular flexibility index (Phi) is 9.04. The molecule has 1 heterocycles. The van der Waals surface area contributed by atoms with Gasteiger partial charge in [0.2, 0.25) is 0 Å². The summed E-state index contributed by atoms with van der Waals surface area (Å²) >= 11 is 13.7. The number of carbonyl (C=O) groups excluding carboxylic acids is 3. The Morgan fingerprint density at radius 2 is 1.68 bits per heavy atom. The maximum atomic E-state index is 12.5. The first-order chi connectivity index (χ1) is 18.3. The minimum absolute atomic E-state index is 0.209. The second-order valence-corrected chi connectivity index (χ2v) is 10.4. The lowest BCUT2D eigenvalue weighted by molar-refractivity contribution is -0.136. The average molecular weight is 574 g/mol. The van der Waals surface area contributed by atoms with Crippen LogP contribution in [0.5, 0.6) is 5.75 Å². The molecule has 1 aliphatic rings. The monoisotopic (exact) mass is 573 g/mol. The van der Waals surface area contributed by atoms with E-state index in [9.17, 15) is 14.4 Å². The number of hydrazone groups is 1. The van der Waals surface area contributed by atoms with Crippen molar-refractivity contribution in [1.29, 1.82) is 0 Å². The molecule has 0 saturated heterocycles. The zero-order valence-electron chi connectivity index (χ0n) is 20.7. The number of rotatable bonds is 7. The van der Waals surface area contributed by atoms with Crippen LogP contribution >= 0.6 is 34.5 Å². The van der Waals surface area contributed by atoms with Gasteiger partial charge in [-0.05, 0) is 80.1 Å². The van der Waals surface area contributed by atoms with Gasteiger partial charge in [-0.15, -0.1) is 11.3 Å². The van der Waals surface area contributed by atoms with E-state index in [-0.39, 0.29) is 6.61 Å². The average Bonchev–Trinajstić information content (AvgIpc) is 3.28. The molecule has 38 heavy (non-hydrogen) atoms. The number of amides is 2. The summed E-state index contributed by atoms with van der Waals surface area (Å²) in [7, 11) is 1.29. The summed E-state index contributed by atoms with van der Waals surface area (Å²) in [6.45, 7) is 1.90. The van der Waals surface area contributed by atoms with E-state index in [2.05, 4.69) is 15.8 Å². The van der Waals surface area contributed by atoms with E-state index in [1.54, 1.807) is 49.4 Å². The van der Waals surface area contributed by atoms with Gasteiger partial charge in [-0.1, -0.05) is 29.3 Å². The number of ether oxygens (including phenoxy) is 2. The van der Waals surface area contributed by atoms with Crippen molar-refractivity contribution in [2.24, 2.45) is 5.10 Å². The second-order valence-electron chi connectivity index (χ2n) is 8.51. The van der Waals surface area contributed by atoms with E-state index in [0.717, 1.165) is 36.1 Å². The fourth-order valence-corrected chi connectivity index (χ4v) is 5.78. The number of nitrogens with one attached hydrogen (secondary N) is 2. The minimum atomic E-state index is -0.955. The van der Waals surface area contributed by atoms with Crippen molar-refractivity contribution in [3.63, 3.8) is 0 Å². The Morgan fingerprint density at radius 1 is 1.00 bits per heavy atom.